The largest absolute Gasteiger partial charge is 0.481 e. The molecule has 0 aliphatic carbocycles. The SMILES string of the molecule is CCCCN1CC=Cc2c(CC(=O)O)cccc21. The Bertz CT molecular complexity index is 466. The third kappa shape index (κ3) is 2.73. The molecule has 0 fully saturated rings. The first-order valence-corrected chi connectivity index (χ1v) is 6.47. The second kappa shape index (κ2) is 5.71. The molecule has 1 heterocycles. The minimum absolute atomic E-state index is 0.0924. The Labute approximate surface area is 108 Å². The standard InChI is InChI=1S/C15H19NO2/c1-2-3-9-16-10-5-7-13-12(11-15(17)18)6-4-8-14(13)16/h4-8H,2-3,9-11H2,1H3,(H,17,18). The van der Waals surface area contributed by atoms with Crippen LogP contribution >= 0.6 is 0 Å². The van der Waals surface area contributed by atoms with Crippen molar-refractivity contribution in [1.82, 2.24) is 0 Å². The van der Waals surface area contributed by atoms with Gasteiger partial charge in [-0.2, -0.15) is 0 Å². The molecule has 0 spiro atoms. The summed E-state index contributed by atoms with van der Waals surface area (Å²) in [6, 6.07) is 5.94. The summed E-state index contributed by atoms with van der Waals surface area (Å²) in [4.78, 5) is 13.2. The molecule has 0 radical (unpaired) electrons. The fraction of sp³-hybridized carbons (Fsp3) is 0.400. The van der Waals surface area contributed by atoms with E-state index < -0.39 is 5.97 Å². The summed E-state index contributed by atoms with van der Waals surface area (Å²) in [5.74, 6) is -0.775. The van der Waals surface area contributed by atoms with Gasteiger partial charge in [0.2, 0.25) is 0 Å². The molecule has 0 saturated heterocycles. The van der Waals surface area contributed by atoms with Crippen LogP contribution in [-0.4, -0.2) is 24.2 Å². The number of hydrogen-bond donors (Lipinski definition) is 1. The second-order valence-corrected chi connectivity index (χ2v) is 4.62. The molecular formula is C15H19NO2. The van der Waals surface area contributed by atoms with Crippen molar-refractivity contribution in [1.29, 1.82) is 0 Å². The van der Waals surface area contributed by atoms with E-state index in [2.05, 4.69) is 30.0 Å². The molecule has 96 valence electrons. The van der Waals surface area contributed by atoms with Gasteiger partial charge in [-0.15, -0.1) is 0 Å². The maximum Gasteiger partial charge on any atom is 0.307 e. The first kappa shape index (κ1) is 12.7. The van der Waals surface area contributed by atoms with Crippen molar-refractivity contribution in [3.05, 3.63) is 35.4 Å². The zero-order valence-electron chi connectivity index (χ0n) is 10.7. The quantitative estimate of drug-likeness (QED) is 0.867. The maximum atomic E-state index is 10.9. The molecule has 1 aliphatic rings. The lowest BCUT2D eigenvalue weighted by Gasteiger charge is -2.29. The average molecular weight is 245 g/mol. The van der Waals surface area contributed by atoms with Crippen LogP contribution < -0.4 is 4.90 Å². The maximum absolute atomic E-state index is 10.9. The number of hydrogen-bond acceptors (Lipinski definition) is 2. The minimum atomic E-state index is -0.775. The van der Waals surface area contributed by atoms with E-state index in [9.17, 15) is 4.79 Å². The van der Waals surface area contributed by atoms with Crippen molar-refractivity contribution in [2.45, 2.75) is 26.2 Å². The Hall–Kier alpha value is -1.77. The Morgan fingerprint density at radius 1 is 1.44 bits per heavy atom. The number of unbranched alkanes of at least 4 members (excludes halogenated alkanes) is 1. The average Bonchev–Trinajstić information content (AvgIpc) is 2.36. The Morgan fingerprint density at radius 3 is 3.00 bits per heavy atom. The summed E-state index contributed by atoms with van der Waals surface area (Å²) >= 11 is 0. The van der Waals surface area contributed by atoms with Crippen LogP contribution in [0.1, 0.15) is 30.9 Å². The molecule has 0 bridgehead atoms. The number of anilines is 1. The number of carboxylic acids is 1. The fourth-order valence-corrected chi connectivity index (χ4v) is 2.34. The molecule has 3 heteroatoms. The third-order valence-corrected chi connectivity index (χ3v) is 3.25. The second-order valence-electron chi connectivity index (χ2n) is 4.62. The molecule has 0 saturated carbocycles. The van der Waals surface area contributed by atoms with Crippen LogP contribution in [0.25, 0.3) is 6.08 Å². The van der Waals surface area contributed by atoms with Gasteiger partial charge in [-0.1, -0.05) is 37.6 Å². The summed E-state index contributed by atoms with van der Waals surface area (Å²) in [7, 11) is 0. The number of aliphatic carboxylic acids is 1. The summed E-state index contributed by atoms with van der Waals surface area (Å²) in [6.07, 6.45) is 6.59. The molecule has 0 atom stereocenters. The van der Waals surface area contributed by atoms with Crippen molar-refractivity contribution in [2.75, 3.05) is 18.0 Å². The van der Waals surface area contributed by atoms with Gasteiger partial charge in [0, 0.05) is 24.3 Å². The van der Waals surface area contributed by atoms with Gasteiger partial charge in [-0.3, -0.25) is 4.79 Å². The molecule has 0 aromatic heterocycles. The minimum Gasteiger partial charge on any atom is -0.481 e. The van der Waals surface area contributed by atoms with E-state index in [4.69, 9.17) is 5.11 Å². The van der Waals surface area contributed by atoms with Crippen LogP contribution in [-0.2, 0) is 11.2 Å². The van der Waals surface area contributed by atoms with Gasteiger partial charge in [0.25, 0.3) is 0 Å². The molecule has 3 nitrogen and oxygen atoms in total. The normalized spacial score (nSPS) is 13.5. The number of nitrogens with zero attached hydrogens (tertiary/aromatic N) is 1. The van der Waals surface area contributed by atoms with Gasteiger partial charge in [-0.05, 0) is 18.1 Å². The molecule has 1 N–H and O–H groups in total. The van der Waals surface area contributed by atoms with Gasteiger partial charge < -0.3 is 10.0 Å². The third-order valence-electron chi connectivity index (χ3n) is 3.25. The molecule has 1 aromatic rings. The van der Waals surface area contributed by atoms with Gasteiger partial charge >= 0.3 is 5.97 Å². The van der Waals surface area contributed by atoms with Crippen LogP contribution in [0.2, 0.25) is 0 Å². The van der Waals surface area contributed by atoms with Gasteiger partial charge in [0.1, 0.15) is 0 Å². The molecule has 2 rings (SSSR count). The molecular weight excluding hydrogens is 226 g/mol. The number of carbonyl (C=O) groups is 1. The van der Waals surface area contributed by atoms with Crippen molar-refractivity contribution < 1.29 is 9.90 Å². The van der Waals surface area contributed by atoms with Crippen LogP contribution in [0.5, 0.6) is 0 Å². The first-order valence-electron chi connectivity index (χ1n) is 6.47. The fourth-order valence-electron chi connectivity index (χ4n) is 2.34. The molecule has 1 aliphatic heterocycles. The van der Waals surface area contributed by atoms with Crippen molar-refractivity contribution in [2.24, 2.45) is 0 Å². The van der Waals surface area contributed by atoms with Crippen molar-refractivity contribution in [3.8, 4) is 0 Å². The topological polar surface area (TPSA) is 40.5 Å². The molecule has 0 unspecified atom stereocenters. The summed E-state index contributed by atoms with van der Waals surface area (Å²) in [5, 5.41) is 8.94. The summed E-state index contributed by atoms with van der Waals surface area (Å²) in [5.41, 5.74) is 3.14. The highest BCUT2D eigenvalue weighted by Crippen LogP contribution is 2.29. The lowest BCUT2D eigenvalue weighted by molar-refractivity contribution is -0.136. The highest BCUT2D eigenvalue weighted by Gasteiger charge is 2.16. The lowest BCUT2D eigenvalue weighted by atomic mass is 9.99. The van der Waals surface area contributed by atoms with Gasteiger partial charge in [0.05, 0.1) is 6.42 Å². The van der Waals surface area contributed by atoms with Gasteiger partial charge in [0.15, 0.2) is 0 Å². The zero-order valence-corrected chi connectivity index (χ0v) is 10.7. The van der Waals surface area contributed by atoms with E-state index in [0.29, 0.717) is 0 Å². The number of benzene rings is 1. The summed E-state index contributed by atoms with van der Waals surface area (Å²) in [6.45, 7) is 4.13. The van der Waals surface area contributed by atoms with Crippen LogP contribution in [0.15, 0.2) is 24.3 Å². The predicted octanol–water partition coefficient (Wildman–Crippen LogP) is 2.95. The smallest absolute Gasteiger partial charge is 0.307 e. The molecule has 1 aromatic carbocycles. The Balaban J connectivity index is 2.29. The zero-order chi connectivity index (χ0) is 13.0. The number of carboxylic acid groups (broad SMARTS) is 1. The highest BCUT2D eigenvalue weighted by molar-refractivity contribution is 5.79. The van der Waals surface area contributed by atoms with Crippen molar-refractivity contribution >= 4 is 17.7 Å². The Kier molecular flexibility index (Phi) is 4.03. The van der Waals surface area contributed by atoms with Crippen LogP contribution in [0.4, 0.5) is 5.69 Å². The van der Waals surface area contributed by atoms with E-state index in [1.165, 1.54) is 12.1 Å². The molecule has 0 amide bonds. The Morgan fingerprint density at radius 2 is 2.28 bits per heavy atom. The van der Waals surface area contributed by atoms with E-state index >= 15 is 0 Å². The predicted molar refractivity (Wildman–Crippen MR) is 73.9 cm³/mol. The van der Waals surface area contributed by atoms with E-state index in [1.807, 2.05) is 12.1 Å². The van der Waals surface area contributed by atoms with Crippen molar-refractivity contribution in [3.63, 3.8) is 0 Å². The van der Waals surface area contributed by atoms with E-state index in [0.717, 1.165) is 30.6 Å². The number of rotatable bonds is 5. The lowest BCUT2D eigenvalue weighted by Crippen LogP contribution is -2.27. The van der Waals surface area contributed by atoms with Crippen LogP contribution in [0.3, 0.4) is 0 Å². The highest BCUT2D eigenvalue weighted by atomic mass is 16.4. The number of fused-ring (bicyclic) bond motifs is 1. The van der Waals surface area contributed by atoms with Gasteiger partial charge in [-0.25, -0.2) is 0 Å². The van der Waals surface area contributed by atoms with Crippen LogP contribution in [0, 0.1) is 0 Å². The monoisotopic (exact) mass is 245 g/mol. The first-order chi connectivity index (χ1) is 8.72. The molecule has 18 heavy (non-hydrogen) atoms. The summed E-state index contributed by atoms with van der Waals surface area (Å²) < 4.78 is 0. The van der Waals surface area contributed by atoms with E-state index in [-0.39, 0.29) is 6.42 Å². The van der Waals surface area contributed by atoms with E-state index in [1.54, 1.807) is 0 Å².